The summed E-state index contributed by atoms with van der Waals surface area (Å²) in [5, 5.41) is 8.90. The van der Waals surface area contributed by atoms with E-state index in [1.807, 2.05) is 42.3 Å². The highest BCUT2D eigenvalue weighted by molar-refractivity contribution is 5.51. The van der Waals surface area contributed by atoms with Crippen LogP contribution in [0.2, 0.25) is 0 Å². The maximum Gasteiger partial charge on any atom is 0.140 e. The van der Waals surface area contributed by atoms with Crippen LogP contribution in [0, 0.1) is 11.3 Å². The Labute approximate surface area is 112 Å². The molecule has 3 N–H and O–H groups in total. The number of aromatic nitrogens is 1. The number of nitrogens with one attached hydrogen (secondary N) is 1. The van der Waals surface area contributed by atoms with Gasteiger partial charge in [-0.05, 0) is 30.3 Å². The summed E-state index contributed by atoms with van der Waals surface area (Å²) < 4.78 is 0. The third-order valence-corrected chi connectivity index (χ3v) is 2.77. The van der Waals surface area contributed by atoms with Crippen LogP contribution in [0.5, 0.6) is 0 Å². The van der Waals surface area contributed by atoms with Gasteiger partial charge in [0.1, 0.15) is 5.82 Å². The summed E-state index contributed by atoms with van der Waals surface area (Å²) in [5.41, 5.74) is 5.06. The van der Waals surface area contributed by atoms with Crippen molar-refractivity contribution in [1.29, 1.82) is 5.26 Å². The lowest BCUT2D eigenvalue weighted by Gasteiger charge is -2.19. The van der Waals surface area contributed by atoms with Crippen LogP contribution in [0.4, 0.5) is 11.5 Å². The van der Waals surface area contributed by atoms with Crippen molar-refractivity contribution in [3.63, 3.8) is 0 Å². The van der Waals surface area contributed by atoms with E-state index in [2.05, 4.69) is 16.5 Å². The van der Waals surface area contributed by atoms with Crippen LogP contribution in [0.3, 0.4) is 0 Å². The Balaban J connectivity index is 2.15. The Bertz CT molecular complexity index is 603. The molecule has 0 saturated carbocycles. The molecule has 1 heterocycles. The first-order chi connectivity index (χ1) is 9.22. The van der Waals surface area contributed by atoms with Crippen LogP contribution in [0.15, 0.2) is 42.5 Å². The average Bonchev–Trinajstić information content (AvgIpc) is 2.47. The van der Waals surface area contributed by atoms with Crippen molar-refractivity contribution in [2.75, 3.05) is 17.4 Å². The summed E-state index contributed by atoms with van der Waals surface area (Å²) in [6.07, 6.45) is 0. The number of nitrogens with two attached hydrogens (primary N) is 1. The van der Waals surface area contributed by atoms with Gasteiger partial charge in [0.25, 0.3) is 0 Å². The Kier molecular flexibility index (Phi) is 3.96. The Morgan fingerprint density at radius 2 is 2.11 bits per heavy atom. The standard InChI is InChI=1S/C14H15N5/c1-19(13-6-2-4-11(8-13)9-15)10-12-5-3-7-14(17-12)18-16/h2-8H,10,16H2,1H3,(H,17,18). The predicted molar refractivity (Wildman–Crippen MR) is 75.3 cm³/mol. The van der Waals surface area contributed by atoms with Gasteiger partial charge in [-0.1, -0.05) is 12.1 Å². The molecular weight excluding hydrogens is 238 g/mol. The van der Waals surface area contributed by atoms with Crippen molar-refractivity contribution in [2.45, 2.75) is 6.54 Å². The molecule has 2 aromatic rings. The van der Waals surface area contributed by atoms with Crippen molar-refractivity contribution < 1.29 is 0 Å². The van der Waals surface area contributed by atoms with Crippen LogP contribution in [0.25, 0.3) is 0 Å². The molecule has 0 unspecified atom stereocenters. The van der Waals surface area contributed by atoms with E-state index in [-0.39, 0.29) is 0 Å². The van der Waals surface area contributed by atoms with Gasteiger partial charge < -0.3 is 10.3 Å². The normalized spacial score (nSPS) is 9.74. The Hall–Kier alpha value is -2.58. The molecule has 0 saturated heterocycles. The van der Waals surface area contributed by atoms with Gasteiger partial charge in [-0.3, -0.25) is 0 Å². The number of hydrogen-bond acceptors (Lipinski definition) is 5. The van der Waals surface area contributed by atoms with Crippen LogP contribution in [-0.2, 0) is 6.54 Å². The second-order valence-corrected chi connectivity index (χ2v) is 4.18. The second-order valence-electron chi connectivity index (χ2n) is 4.18. The lowest BCUT2D eigenvalue weighted by Crippen LogP contribution is -2.18. The molecule has 1 aromatic carbocycles. The fourth-order valence-corrected chi connectivity index (χ4v) is 1.80. The molecule has 0 aliphatic carbocycles. The molecule has 2 rings (SSSR count). The molecule has 0 bridgehead atoms. The fourth-order valence-electron chi connectivity index (χ4n) is 1.80. The molecule has 5 nitrogen and oxygen atoms in total. The molecule has 0 fully saturated rings. The number of hydrogen-bond donors (Lipinski definition) is 2. The van der Waals surface area contributed by atoms with E-state index >= 15 is 0 Å². The molecule has 0 amide bonds. The maximum absolute atomic E-state index is 8.90. The summed E-state index contributed by atoms with van der Waals surface area (Å²) in [5.74, 6) is 5.97. The zero-order valence-electron chi connectivity index (χ0n) is 10.7. The largest absolute Gasteiger partial charge is 0.369 e. The number of hydrazine groups is 1. The number of rotatable bonds is 4. The molecular formula is C14H15N5. The zero-order valence-corrected chi connectivity index (χ0v) is 10.7. The van der Waals surface area contributed by atoms with Gasteiger partial charge in [0.2, 0.25) is 0 Å². The summed E-state index contributed by atoms with van der Waals surface area (Å²) in [4.78, 5) is 6.39. The van der Waals surface area contributed by atoms with E-state index < -0.39 is 0 Å². The molecule has 96 valence electrons. The number of nitrogens with zero attached hydrogens (tertiary/aromatic N) is 3. The maximum atomic E-state index is 8.90. The van der Waals surface area contributed by atoms with Gasteiger partial charge >= 0.3 is 0 Å². The van der Waals surface area contributed by atoms with Crippen molar-refractivity contribution in [2.24, 2.45) is 5.84 Å². The van der Waals surface area contributed by atoms with Crippen LogP contribution in [0.1, 0.15) is 11.3 Å². The van der Waals surface area contributed by atoms with E-state index in [9.17, 15) is 0 Å². The molecule has 0 aliphatic heterocycles. The molecule has 0 radical (unpaired) electrons. The number of anilines is 2. The van der Waals surface area contributed by atoms with Crippen LogP contribution in [-0.4, -0.2) is 12.0 Å². The predicted octanol–water partition coefficient (Wildman–Crippen LogP) is 1.88. The number of nitriles is 1. The highest BCUT2D eigenvalue weighted by atomic mass is 15.2. The first-order valence-electron chi connectivity index (χ1n) is 5.87. The van der Waals surface area contributed by atoms with E-state index in [1.54, 1.807) is 12.1 Å². The van der Waals surface area contributed by atoms with Crippen molar-refractivity contribution in [3.05, 3.63) is 53.7 Å². The zero-order chi connectivity index (χ0) is 13.7. The monoisotopic (exact) mass is 253 g/mol. The van der Waals surface area contributed by atoms with Crippen LogP contribution < -0.4 is 16.2 Å². The second kappa shape index (κ2) is 5.85. The van der Waals surface area contributed by atoms with E-state index in [4.69, 9.17) is 11.1 Å². The topological polar surface area (TPSA) is 78.0 Å². The van der Waals surface area contributed by atoms with Crippen molar-refractivity contribution in [3.8, 4) is 6.07 Å². The SMILES string of the molecule is CN(Cc1cccc(NN)n1)c1cccc(C#N)c1. The van der Waals surface area contributed by atoms with Crippen LogP contribution >= 0.6 is 0 Å². The molecule has 0 atom stereocenters. The van der Waals surface area contributed by atoms with E-state index in [0.717, 1.165) is 11.4 Å². The molecule has 0 spiro atoms. The minimum atomic E-state index is 0.636. The van der Waals surface area contributed by atoms with Crippen molar-refractivity contribution in [1.82, 2.24) is 4.98 Å². The molecule has 1 aromatic heterocycles. The molecule has 0 aliphatic rings. The van der Waals surface area contributed by atoms with Gasteiger partial charge in [0.15, 0.2) is 0 Å². The summed E-state index contributed by atoms with van der Waals surface area (Å²) >= 11 is 0. The van der Waals surface area contributed by atoms with Gasteiger partial charge in [0, 0.05) is 12.7 Å². The first kappa shape index (κ1) is 12.9. The lowest BCUT2D eigenvalue weighted by atomic mass is 10.2. The highest BCUT2D eigenvalue weighted by Crippen LogP contribution is 2.16. The molecule has 19 heavy (non-hydrogen) atoms. The minimum absolute atomic E-state index is 0.636. The minimum Gasteiger partial charge on any atom is -0.369 e. The van der Waals surface area contributed by atoms with E-state index in [0.29, 0.717) is 17.9 Å². The third-order valence-electron chi connectivity index (χ3n) is 2.77. The van der Waals surface area contributed by atoms with Gasteiger partial charge in [0.05, 0.1) is 23.9 Å². The number of pyridine rings is 1. The summed E-state index contributed by atoms with van der Waals surface area (Å²) in [7, 11) is 1.96. The first-order valence-corrected chi connectivity index (χ1v) is 5.87. The quantitative estimate of drug-likeness (QED) is 0.642. The fraction of sp³-hybridized carbons (Fsp3) is 0.143. The van der Waals surface area contributed by atoms with E-state index in [1.165, 1.54) is 0 Å². The molecule has 5 heteroatoms. The van der Waals surface area contributed by atoms with Gasteiger partial charge in [-0.2, -0.15) is 5.26 Å². The number of nitrogen functional groups attached to an aromatic ring is 1. The third kappa shape index (κ3) is 3.21. The van der Waals surface area contributed by atoms with Crippen molar-refractivity contribution >= 4 is 11.5 Å². The average molecular weight is 253 g/mol. The number of benzene rings is 1. The lowest BCUT2D eigenvalue weighted by molar-refractivity contribution is 0.885. The Morgan fingerprint density at radius 3 is 2.84 bits per heavy atom. The van der Waals surface area contributed by atoms with Gasteiger partial charge in [-0.15, -0.1) is 0 Å². The highest BCUT2D eigenvalue weighted by Gasteiger charge is 2.04. The smallest absolute Gasteiger partial charge is 0.140 e. The summed E-state index contributed by atoms with van der Waals surface area (Å²) in [6.45, 7) is 0.643. The summed E-state index contributed by atoms with van der Waals surface area (Å²) in [6, 6.07) is 15.3. The van der Waals surface area contributed by atoms with Gasteiger partial charge in [-0.25, -0.2) is 10.8 Å². The Morgan fingerprint density at radius 1 is 1.32 bits per heavy atom.